The maximum absolute atomic E-state index is 12.7. The molecular weight excluding hydrogens is 504 g/mol. The van der Waals surface area contributed by atoms with Crippen molar-refractivity contribution in [3.05, 3.63) is 95.6 Å². The average molecular weight is 533 g/mol. The Morgan fingerprint density at radius 1 is 0.846 bits per heavy atom. The van der Waals surface area contributed by atoms with Crippen LogP contribution in [0.5, 0.6) is 0 Å². The number of hydrogen-bond acceptors (Lipinski definition) is 7. The lowest BCUT2D eigenvalue weighted by Crippen LogP contribution is -2.49. The number of carboxylic acids is 1. The second-order valence-corrected chi connectivity index (χ2v) is 8.94. The molecule has 0 bridgehead atoms. The van der Waals surface area contributed by atoms with E-state index in [-0.39, 0.29) is 19.1 Å². The standard InChI is InChI=1S/C29H28N2O8/c1-18(28(34)35)39-31-27(33)25(15-26(32)37-16-19-9-3-2-4-10-19)30-29(36)38-17-24-22-13-7-5-11-20(22)21-12-6-8-14-23(21)24/h2-14,18,24-25H,15-17H2,1H3,(H,30,36)(H,31,33)(H,34,35)/t18?,25-/m0/s1. The van der Waals surface area contributed by atoms with E-state index in [1.54, 1.807) is 24.3 Å². The van der Waals surface area contributed by atoms with Crippen molar-refractivity contribution < 1.29 is 38.6 Å². The van der Waals surface area contributed by atoms with Gasteiger partial charge in [-0.25, -0.2) is 15.1 Å². The minimum atomic E-state index is -1.44. The highest BCUT2D eigenvalue weighted by Crippen LogP contribution is 2.44. The van der Waals surface area contributed by atoms with Crippen molar-refractivity contribution in [3.8, 4) is 11.1 Å². The van der Waals surface area contributed by atoms with Gasteiger partial charge in [0, 0.05) is 5.92 Å². The normalized spacial score (nSPS) is 13.4. The number of ether oxygens (including phenoxy) is 2. The molecule has 10 heteroatoms. The van der Waals surface area contributed by atoms with Gasteiger partial charge in [-0.15, -0.1) is 0 Å². The molecule has 0 saturated carbocycles. The lowest BCUT2D eigenvalue weighted by Gasteiger charge is -2.20. The molecule has 39 heavy (non-hydrogen) atoms. The van der Waals surface area contributed by atoms with Crippen LogP contribution in [0.25, 0.3) is 11.1 Å². The van der Waals surface area contributed by atoms with E-state index < -0.39 is 42.5 Å². The highest BCUT2D eigenvalue weighted by molar-refractivity contribution is 5.89. The predicted molar refractivity (Wildman–Crippen MR) is 139 cm³/mol. The second kappa shape index (κ2) is 12.7. The molecule has 4 rings (SSSR count). The third-order valence-corrected chi connectivity index (χ3v) is 6.25. The molecule has 0 spiro atoms. The molecule has 2 atom stereocenters. The number of carboxylic acid groups (broad SMARTS) is 1. The summed E-state index contributed by atoms with van der Waals surface area (Å²) in [6.45, 7) is 1.19. The zero-order valence-electron chi connectivity index (χ0n) is 21.2. The van der Waals surface area contributed by atoms with Crippen molar-refractivity contribution in [2.75, 3.05) is 6.61 Å². The van der Waals surface area contributed by atoms with Crippen molar-refractivity contribution in [1.82, 2.24) is 10.8 Å². The Kier molecular flexibility index (Phi) is 8.90. The number of hydrogen-bond donors (Lipinski definition) is 3. The van der Waals surface area contributed by atoms with Crippen LogP contribution in [0.3, 0.4) is 0 Å². The van der Waals surface area contributed by atoms with Crippen molar-refractivity contribution >= 4 is 23.9 Å². The number of amides is 2. The number of esters is 1. The Labute approximate surface area is 224 Å². The summed E-state index contributed by atoms with van der Waals surface area (Å²) in [6, 6.07) is 23.2. The molecular formula is C29H28N2O8. The van der Waals surface area contributed by atoms with Crippen LogP contribution in [0.4, 0.5) is 4.79 Å². The van der Waals surface area contributed by atoms with Crippen LogP contribution < -0.4 is 10.8 Å². The summed E-state index contributed by atoms with van der Waals surface area (Å²) in [5.41, 5.74) is 6.87. The van der Waals surface area contributed by atoms with E-state index in [0.29, 0.717) is 0 Å². The fraction of sp³-hybridized carbons (Fsp3) is 0.241. The first-order valence-electron chi connectivity index (χ1n) is 12.3. The number of hydroxylamine groups is 1. The molecule has 3 aromatic carbocycles. The third kappa shape index (κ3) is 6.99. The van der Waals surface area contributed by atoms with E-state index in [9.17, 15) is 19.2 Å². The van der Waals surface area contributed by atoms with Gasteiger partial charge in [-0.05, 0) is 34.7 Å². The quantitative estimate of drug-likeness (QED) is 0.252. The van der Waals surface area contributed by atoms with Crippen LogP contribution in [0.15, 0.2) is 78.9 Å². The van der Waals surface area contributed by atoms with Crippen molar-refractivity contribution in [1.29, 1.82) is 0 Å². The van der Waals surface area contributed by atoms with Gasteiger partial charge < -0.3 is 19.9 Å². The summed E-state index contributed by atoms with van der Waals surface area (Å²) in [5, 5.41) is 11.3. The van der Waals surface area contributed by atoms with Crippen molar-refractivity contribution in [3.63, 3.8) is 0 Å². The van der Waals surface area contributed by atoms with E-state index in [0.717, 1.165) is 27.8 Å². The number of carbonyl (C=O) groups excluding carboxylic acids is 3. The van der Waals surface area contributed by atoms with Crippen LogP contribution in [0, 0.1) is 0 Å². The molecule has 0 saturated heterocycles. The SMILES string of the molecule is CC(ONC(=O)[C@H](CC(=O)OCc1ccccc1)NC(=O)OCC1c2ccccc2-c2ccccc21)C(=O)O. The summed E-state index contributed by atoms with van der Waals surface area (Å²) < 4.78 is 10.7. The third-order valence-electron chi connectivity index (χ3n) is 6.25. The Morgan fingerprint density at radius 3 is 2.05 bits per heavy atom. The fourth-order valence-corrected chi connectivity index (χ4v) is 4.22. The Morgan fingerprint density at radius 2 is 1.44 bits per heavy atom. The van der Waals surface area contributed by atoms with E-state index >= 15 is 0 Å². The van der Waals surface area contributed by atoms with Gasteiger partial charge in [-0.3, -0.25) is 14.4 Å². The Balaban J connectivity index is 1.39. The van der Waals surface area contributed by atoms with Crippen LogP contribution in [0.2, 0.25) is 0 Å². The topological polar surface area (TPSA) is 140 Å². The average Bonchev–Trinajstić information content (AvgIpc) is 3.27. The Hall–Kier alpha value is -4.70. The fourth-order valence-electron chi connectivity index (χ4n) is 4.22. The number of aliphatic carboxylic acids is 1. The van der Waals surface area contributed by atoms with E-state index in [1.165, 1.54) is 6.92 Å². The first kappa shape index (κ1) is 27.3. The van der Waals surface area contributed by atoms with Gasteiger partial charge in [-0.1, -0.05) is 78.9 Å². The maximum Gasteiger partial charge on any atom is 0.407 e. The number of nitrogens with one attached hydrogen (secondary N) is 2. The molecule has 0 fully saturated rings. The summed E-state index contributed by atoms with van der Waals surface area (Å²) in [7, 11) is 0. The molecule has 202 valence electrons. The minimum Gasteiger partial charge on any atom is -0.479 e. The largest absolute Gasteiger partial charge is 0.479 e. The highest BCUT2D eigenvalue weighted by atomic mass is 16.7. The van der Waals surface area contributed by atoms with Crippen LogP contribution in [-0.4, -0.2) is 47.8 Å². The number of alkyl carbamates (subject to hydrolysis) is 1. The summed E-state index contributed by atoms with van der Waals surface area (Å²) in [5.74, 6) is -3.21. The molecule has 1 unspecified atom stereocenters. The lowest BCUT2D eigenvalue weighted by molar-refractivity contribution is -0.160. The molecule has 0 radical (unpaired) electrons. The molecule has 0 heterocycles. The van der Waals surface area contributed by atoms with E-state index in [4.69, 9.17) is 19.4 Å². The molecule has 1 aliphatic carbocycles. The number of fused-ring (bicyclic) bond motifs is 3. The monoisotopic (exact) mass is 532 g/mol. The highest BCUT2D eigenvalue weighted by Gasteiger charge is 2.31. The molecule has 10 nitrogen and oxygen atoms in total. The second-order valence-electron chi connectivity index (χ2n) is 8.94. The molecule has 1 aliphatic rings. The van der Waals surface area contributed by atoms with Gasteiger partial charge in [-0.2, -0.15) is 0 Å². The smallest absolute Gasteiger partial charge is 0.407 e. The number of benzene rings is 3. The van der Waals surface area contributed by atoms with E-state index in [2.05, 4.69) is 5.32 Å². The molecule has 2 amide bonds. The molecule has 0 aromatic heterocycles. The number of rotatable bonds is 11. The maximum atomic E-state index is 12.7. The van der Waals surface area contributed by atoms with Gasteiger partial charge in [0.2, 0.25) is 0 Å². The summed E-state index contributed by atoms with van der Waals surface area (Å²) >= 11 is 0. The molecule has 0 aliphatic heterocycles. The zero-order valence-corrected chi connectivity index (χ0v) is 21.2. The number of carbonyl (C=O) groups is 4. The molecule has 3 N–H and O–H groups in total. The molecule has 3 aromatic rings. The Bertz CT molecular complexity index is 1300. The first-order chi connectivity index (χ1) is 18.8. The van der Waals surface area contributed by atoms with Gasteiger partial charge in [0.25, 0.3) is 5.91 Å². The van der Waals surface area contributed by atoms with Crippen LogP contribution >= 0.6 is 0 Å². The van der Waals surface area contributed by atoms with Gasteiger partial charge >= 0.3 is 18.0 Å². The minimum absolute atomic E-state index is 0.000793. The van der Waals surface area contributed by atoms with E-state index in [1.807, 2.05) is 60.1 Å². The summed E-state index contributed by atoms with van der Waals surface area (Å²) in [4.78, 5) is 53.7. The lowest BCUT2D eigenvalue weighted by atomic mass is 9.98. The summed E-state index contributed by atoms with van der Waals surface area (Å²) in [6.07, 6.45) is -2.82. The van der Waals surface area contributed by atoms with Gasteiger partial charge in [0.05, 0.1) is 6.42 Å². The van der Waals surface area contributed by atoms with Crippen molar-refractivity contribution in [2.45, 2.75) is 38.0 Å². The van der Waals surface area contributed by atoms with Gasteiger partial charge in [0.1, 0.15) is 19.3 Å². The first-order valence-corrected chi connectivity index (χ1v) is 12.3. The van der Waals surface area contributed by atoms with Crippen LogP contribution in [0.1, 0.15) is 36.0 Å². The van der Waals surface area contributed by atoms with Gasteiger partial charge in [0.15, 0.2) is 6.10 Å². The predicted octanol–water partition coefficient (Wildman–Crippen LogP) is 3.55. The van der Waals surface area contributed by atoms with Crippen LogP contribution in [-0.2, 0) is 35.3 Å². The zero-order chi connectivity index (χ0) is 27.8. The van der Waals surface area contributed by atoms with Crippen molar-refractivity contribution in [2.24, 2.45) is 0 Å².